The van der Waals surface area contributed by atoms with Gasteiger partial charge in [-0.1, -0.05) is 28.6 Å². The lowest BCUT2D eigenvalue weighted by molar-refractivity contribution is -0.140. The highest BCUT2D eigenvalue weighted by Gasteiger charge is 2.23. The number of benzene rings is 1. The maximum atomic E-state index is 13.2. The average molecular weight is 437 g/mol. The predicted molar refractivity (Wildman–Crippen MR) is 112 cm³/mol. The van der Waals surface area contributed by atoms with Gasteiger partial charge in [0.2, 0.25) is 6.10 Å². The molecule has 1 fully saturated rings. The van der Waals surface area contributed by atoms with Crippen LogP contribution in [0.3, 0.4) is 0 Å². The molecule has 0 spiro atoms. The number of halogens is 1. The molecule has 1 N–H and O–H groups in total. The maximum Gasteiger partial charge on any atom is 0.280 e. The Kier molecular flexibility index (Phi) is 6.86. The van der Waals surface area contributed by atoms with E-state index in [4.69, 9.17) is 4.84 Å². The fraction of sp³-hybridized carbons (Fsp3) is 0.368. The van der Waals surface area contributed by atoms with Crippen LogP contribution in [0.5, 0.6) is 0 Å². The largest absolute Gasteiger partial charge is 0.382 e. The first kappa shape index (κ1) is 21.3. The number of thioether (sulfide) groups is 1. The van der Waals surface area contributed by atoms with E-state index in [0.717, 1.165) is 11.1 Å². The summed E-state index contributed by atoms with van der Waals surface area (Å²) in [4.78, 5) is 36.3. The van der Waals surface area contributed by atoms with Gasteiger partial charge in [0.15, 0.2) is 16.0 Å². The summed E-state index contributed by atoms with van der Waals surface area (Å²) in [5.74, 6) is -0.891. The third-order valence-electron chi connectivity index (χ3n) is 3.96. The fourth-order valence-electron chi connectivity index (χ4n) is 2.30. The number of nitrogens with zero attached hydrogens (tertiary/aromatic N) is 3. The summed E-state index contributed by atoms with van der Waals surface area (Å²) in [7, 11) is 3.21. The summed E-state index contributed by atoms with van der Waals surface area (Å²) < 4.78 is 13.2. The number of amides is 2. The standard InChI is InChI=1S/C19H21FN4O3S2/c1-11(18(26)24(2)3)27-23-16(17(25)22-19-21-10-15(20)29-19)12-4-6-13(7-5-12)28-14-8-9-14/h4-7,10-11,14H,8-9H2,1-3H3,(H,21,22,25)/b23-16+/t11-/m0/s1. The van der Waals surface area contributed by atoms with E-state index >= 15 is 0 Å². The molecule has 0 radical (unpaired) electrons. The number of hydrogen-bond donors (Lipinski definition) is 1. The molecule has 1 aromatic heterocycles. The lowest BCUT2D eigenvalue weighted by Gasteiger charge is -2.15. The summed E-state index contributed by atoms with van der Waals surface area (Å²) >= 11 is 2.51. The molecule has 0 bridgehead atoms. The third-order valence-corrected chi connectivity index (χ3v) is 6.01. The second-order valence-corrected chi connectivity index (χ2v) is 9.04. The topological polar surface area (TPSA) is 83.9 Å². The maximum absolute atomic E-state index is 13.2. The van der Waals surface area contributed by atoms with Gasteiger partial charge < -0.3 is 9.74 Å². The summed E-state index contributed by atoms with van der Waals surface area (Å²) in [6.07, 6.45) is 2.60. The summed E-state index contributed by atoms with van der Waals surface area (Å²) in [6, 6.07) is 7.37. The normalized spacial score (nSPS) is 15.0. The van der Waals surface area contributed by atoms with Gasteiger partial charge in [-0.3, -0.25) is 14.9 Å². The first-order chi connectivity index (χ1) is 13.8. The van der Waals surface area contributed by atoms with Crippen LogP contribution in [0.15, 0.2) is 40.5 Å². The molecule has 2 amide bonds. The minimum atomic E-state index is -0.866. The van der Waals surface area contributed by atoms with Gasteiger partial charge in [0.1, 0.15) is 0 Å². The van der Waals surface area contributed by atoms with Crippen molar-refractivity contribution in [2.24, 2.45) is 5.16 Å². The van der Waals surface area contributed by atoms with Gasteiger partial charge in [-0.25, -0.2) is 4.98 Å². The highest BCUT2D eigenvalue weighted by Crippen LogP contribution is 2.39. The lowest BCUT2D eigenvalue weighted by Crippen LogP contribution is -2.33. The molecule has 1 aliphatic rings. The lowest BCUT2D eigenvalue weighted by atomic mass is 10.1. The molecule has 10 heteroatoms. The van der Waals surface area contributed by atoms with Gasteiger partial charge in [-0.15, -0.1) is 11.8 Å². The molecular formula is C19H21FN4O3S2. The van der Waals surface area contributed by atoms with E-state index in [1.807, 2.05) is 12.1 Å². The third kappa shape index (κ3) is 6.01. The molecule has 0 aliphatic heterocycles. The van der Waals surface area contributed by atoms with E-state index in [9.17, 15) is 14.0 Å². The predicted octanol–water partition coefficient (Wildman–Crippen LogP) is 3.37. The van der Waals surface area contributed by atoms with Crippen LogP contribution >= 0.6 is 23.1 Å². The first-order valence-corrected chi connectivity index (χ1v) is 10.7. The molecule has 1 aliphatic carbocycles. The number of carbonyl (C=O) groups is 2. The molecule has 1 heterocycles. The van der Waals surface area contributed by atoms with Crippen molar-refractivity contribution in [2.75, 3.05) is 19.4 Å². The molecule has 1 atom stereocenters. The number of carbonyl (C=O) groups excluding carboxylic acids is 2. The zero-order valence-electron chi connectivity index (χ0n) is 16.2. The van der Waals surface area contributed by atoms with Crippen LogP contribution in [0.2, 0.25) is 0 Å². The van der Waals surface area contributed by atoms with Crippen molar-refractivity contribution in [3.05, 3.63) is 41.2 Å². The smallest absolute Gasteiger partial charge is 0.280 e. The number of aromatic nitrogens is 1. The molecular weight excluding hydrogens is 415 g/mol. The van der Waals surface area contributed by atoms with Crippen molar-refractivity contribution in [3.8, 4) is 0 Å². The van der Waals surface area contributed by atoms with E-state index in [-0.39, 0.29) is 16.8 Å². The van der Waals surface area contributed by atoms with Crippen molar-refractivity contribution in [2.45, 2.75) is 36.0 Å². The molecule has 2 aromatic rings. The quantitative estimate of drug-likeness (QED) is 0.507. The Morgan fingerprint density at radius 2 is 2.03 bits per heavy atom. The second-order valence-electron chi connectivity index (χ2n) is 6.69. The Bertz CT molecular complexity index is 910. The average Bonchev–Trinajstić information content (AvgIpc) is 3.41. The Hall–Kier alpha value is -2.46. The summed E-state index contributed by atoms with van der Waals surface area (Å²) in [6.45, 7) is 1.55. The van der Waals surface area contributed by atoms with Crippen LogP contribution in [0.25, 0.3) is 0 Å². The highest BCUT2D eigenvalue weighted by molar-refractivity contribution is 8.00. The van der Waals surface area contributed by atoms with Crippen molar-refractivity contribution < 1.29 is 18.8 Å². The van der Waals surface area contributed by atoms with E-state index in [2.05, 4.69) is 15.5 Å². The van der Waals surface area contributed by atoms with Gasteiger partial charge in [-0.05, 0) is 31.9 Å². The molecule has 1 saturated carbocycles. The summed E-state index contributed by atoms with van der Waals surface area (Å²) in [5.41, 5.74) is 0.492. The molecule has 1 aromatic carbocycles. The Labute approximate surface area is 176 Å². The van der Waals surface area contributed by atoms with Gasteiger partial charge in [0.05, 0.1) is 6.20 Å². The van der Waals surface area contributed by atoms with Gasteiger partial charge in [0.25, 0.3) is 11.8 Å². The number of rotatable bonds is 8. The van der Waals surface area contributed by atoms with E-state index in [1.54, 1.807) is 44.9 Å². The zero-order chi connectivity index (χ0) is 21.0. The van der Waals surface area contributed by atoms with E-state index < -0.39 is 17.1 Å². The molecule has 3 rings (SSSR count). The van der Waals surface area contributed by atoms with Crippen molar-refractivity contribution >= 4 is 45.8 Å². The van der Waals surface area contributed by atoms with Crippen LogP contribution in [-0.2, 0) is 14.4 Å². The number of oxime groups is 1. The fourth-order valence-corrected chi connectivity index (χ4v) is 3.89. The zero-order valence-corrected chi connectivity index (χ0v) is 17.8. The van der Waals surface area contributed by atoms with Gasteiger partial charge >= 0.3 is 0 Å². The van der Waals surface area contributed by atoms with Crippen LogP contribution in [-0.4, -0.2) is 52.9 Å². The van der Waals surface area contributed by atoms with Crippen LogP contribution < -0.4 is 5.32 Å². The minimum absolute atomic E-state index is 0.0259. The van der Waals surface area contributed by atoms with Crippen LogP contribution in [0.4, 0.5) is 9.52 Å². The SMILES string of the molecule is C[C@H](O/N=C(/C(=O)Nc1ncc(F)s1)c1ccc(SC2CC2)cc1)C(=O)N(C)C. The highest BCUT2D eigenvalue weighted by atomic mass is 32.2. The number of hydrogen-bond acceptors (Lipinski definition) is 7. The van der Waals surface area contributed by atoms with Crippen molar-refractivity contribution in [1.29, 1.82) is 0 Å². The summed E-state index contributed by atoms with van der Waals surface area (Å²) in [5, 5.41) is 6.71. The molecule has 0 unspecified atom stereocenters. The van der Waals surface area contributed by atoms with Crippen LogP contribution in [0, 0.1) is 5.13 Å². The number of likely N-dealkylation sites (N-methyl/N-ethyl adjacent to an activating group) is 1. The molecule has 7 nitrogen and oxygen atoms in total. The Morgan fingerprint density at radius 3 is 2.59 bits per heavy atom. The molecule has 29 heavy (non-hydrogen) atoms. The van der Waals surface area contributed by atoms with Gasteiger partial charge in [-0.2, -0.15) is 4.39 Å². The van der Waals surface area contributed by atoms with E-state index in [1.165, 1.54) is 17.7 Å². The van der Waals surface area contributed by atoms with Gasteiger partial charge in [0, 0.05) is 29.8 Å². The molecule has 154 valence electrons. The number of nitrogens with one attached hydrogen (secondary N) is 1. The second kappa shape index (κ2) is 9.36. The van der Waals surface area contributed by atoms with Crippen LogP contribution in [0.1, 0.15) is 25.3 Å². The van der Waals surface area contributed by atoms with Crippen molar-refractivity contribution in [1.82, 2.24) is 9.88 Å². The number of anilines is 1. The Balaban J connectivity index is 1.80. The number of thiazole rings is 1. The van der Waals surface area contributed by atoms with E-state index in [0.29, 0.717) is 22.2 Å². The first-order valence-electron chi connectivity index (χ1n) is 8.98. The Morgan fingerprint density at radius 1 is 1.34 bits per heavy atom. The molecule has 0 saturated heterocycles. The monoisotopic (exact) mass is 436 g/mol. The van der Waals surface area contributed by atoms with Crippen molar-refractivity contribution in [3.63, 3.8) is 0 Å². The minimum Gasteiger partial charge on any atom is -0.382 e.